The number of thioether (sulfide) groups is 1. The van der Waals surface area contributed by atoms with Crippen molar-refractivity contribution in [2.24, 2.45) is 0 Å². The first kappa shape index (κ1) is 13.5. The lowest BCUT2D eigenvalue weighted by atomic mass is 9.93. The summed E-state index contributed by atoms with van der Waals surface area (Å²) >= 11 is 11.3. The Labute approximate surface area is 119 Å². The van der Waals surface area contributed by atoms with Crippen LogP contribution in [0.25, 0.3) is 0 Å². The Balaban J connectivity index is 2.21. The van der Waals surface area contributed by atoms with E-state index in [0.29, 0.717) is 10.3 Å². The minimum absolute atomic E-state index is 0.154. The lowest BCUT2D eigenvalue weighted by Gasteiger charge is -2.33. The minimum atomic E-state index is -0.210. The smallest absolute Gasteiger partial charge is 0.0727 e. The van der Waals surface area contributed by atoms with Crippen molar-refractivity contribution in [3.05, 3.63) is 27.7 Å². The Hall–Kier alpha value is 0.1000. The van der Waals surface area contributed by atoms with Crippen LogP contribution in [0.15, 0.2) is 22.7 Å². The maximum atomic E-state index is 9.66. The molecule has 1 heterocycles. The lowest BCUT2D eigenvalue weighted by molar-refractivity contribution is 0.212. The van der Waals surface area contributed by atoms with Crippen LogP contribution in [0.5, 0.6) is 0 Å². The lowest BCUT2D eigenvalue weighted by Crippen LogP contribution is -2.46. The van der Waals surface area contributed by atoms with E-state index in [-0.39, 0.29) is 12.1 Å². The van der Waals surface area contributed by atoms with Crippen LogP contribution in [0.2, 0.25) is 5.02 Å². The monoisotopic (exact) mass is 335 g/mol. The molecule has 2 unspecified atom stereocenters. The summed E-state index contributed by atoms with van der Waals surface area (Å²) in [5, 5.41) is 14.2. The largest absolute Gasteiger partial charge is 0.394 e. The zero-order valence-electron chi connectivity index (χ0n) is 9.54. The van der Waals surface area contributed by atoms with E-state index in [4.69, 9.17) is 11.6 Å². The molecule has 2 rings (SSSR count). The molecule has 2 N–H and O–H groups in total. The second kappa shape index (κ2) is 5.39. The third kappa shape index (κ3) is 2.75. The maximum absolute atomic E-state index is 9.66. The number of rotatable bonds is 3. The number of aliphatic hydroxyl groups is 1. The fourth-order valence-corrected chi connectivity index (χ4v) is 3.96. The van der Waals surface area contributed by atoms with Gasteiger partial charge < -0.3 is 10.4 Å². The molecule has 0 saturated carbocycles. The molecule has 2 nitrogen and oxygen atoms in total. The van der Waals surface area contributed by atoms with E-state index in [1.165, 1.54) is 0 Å². The number of nitrogens with one attached hydrogen (secondary N) is 1. The van der Waals surface area contributed by atoms with Crippen molar-refractivity contribution in [3.8, 4) is 0 Å². The summed E-state index contributed by atoms with van der Waals surface area (Å²) in [6, 6.07) is 5.75. The van der Waals surface area contributed by atoms with Crippen molar-refractivity contribution in [1.29, 1.82) is 0 Å². The quantitative estimate of drug-likeness (QED) is 0.881. The van der Waals surface area contributed by atoms with E-state index in [0.717, 1.165) is 22.3 Å². The molecule has 0 amide bonds. The number of anilines is 1. The third-order valence-corrected chi connectivity index (χ3v) is 5.89. The highest BCUT2D eigenvalue weighted by Gasteiger charge is 2.40. The van der Waals surface area contributed by atoms with E-state index in [2.05, 4.69) is 28.2 Å². The molecule has 1 saturated heterocycles. The van der Waals surface area contributed by atoms with Gasteiger partial charge in [-0.05, 0) is 46.3 Å². The van der Waals surface area contributed by atoms with Crippen LogP contribution in [0.4, 0.5) is 5.69 Å². The van der Waals surface area contributed by atoms with Crippen LogP contribution in [0, 0.1) is 0 Å². The Bertz CT molecular complexity index is 417. The summed E-state index contributed by atoms with van der Waals surface area (Å²) in [5.41, 5.74) is 0.780. The molecule has 1 aromatic rings. The van der Waals surface area contributed by atoms with Crippen molar-refractivity contribution in [1.82, 2.24) is 0 Å². The number of halogens is 2. The molecule has 0 aromatic heterocycles. The summed E-state index contributed by atoms with van der Waals surface area (Å²) in [6.45, 7) is 2.31. The van der Waals surface area contributed by atoms with Crippen molar-refractivity contribution in [2.45, 2.75) is 24.1 Å². The normalized spacial score (nSPS) is 28.4. The summed E-state index contributed by atoms with van der Waals surface area (Å²) in [4.78, 5) is 0. The van der Waals surface area contributed by atoms with Gasteiger partial charge in [-0.15, -0.1) is 0 Å². The Morgan fingerprint density at radius 1 is 1.65 bits per heavy atom. The maximum Gasteiger partial charge on any atom is 0.0727 e. The van der Waals surface area contributed by atoms with Crippen LogP contribution in [0.1, 0.15) is 13.3 Å². The zero-order valence-corrected chi connectivity index (χ0v) is 12.7. The fourth-order valence-electron chi connectivity index (χ4n) is 2.05. The van der Waals surface area contributed by atoms with Crippen LogP contribution in [-0.2, 0) is 0 Å². The molecule has 1 aliphatic rings. The van der Waals surface area contributed by atoms with Gasteiger partial charge in [-0.1, -0.05) is 18.5 Å². The van der Waals surface area contributed by atoms with Gasteiger partial charge in [0.25, 0.3) is 0 Å². The molecule has 17 heavy (non-hydrogen) atoms. The topological polar surface area (TPSA) is 32.3 Å². The first-order valence-electron chi connectivity index (χ1n) is 5.53. The highest BCUT2D eigenvalue weighted by Crippen LogP contribution is 2.38. The van der Waals surface area contributed by atoms with Crippen LogP contribution in [0.3, 0.4) is 0 Å². The average molecular weight is 337 g/mol. The average Bonchev–Trinajstić information content (AvgIpc) is 2.66. The highest BCUT2D eigenvalue weighted by molar-refractivity contribution is 9.10. The van der Waals surface area contributed by atoms with Gasteiger partial charge in [0.15, 0.2) is 0 Å². The van der Waals surface area contributed by atoms with Gasteiger partial charge in [-0.2, -0.15) is 11.8 Å². The Morgan fingerprint density at radius 3 is 2.94 bits per heavy atom. The van der Waals surface area contributed by atoms with Gasteiger partial charge in [-0.25, -0.2) is 0 Å². The summed E-state index contributed by atoms with van der Waals surface area (Å²) in [7, 11) is 0. The highest BCUT2D eigenvalue weighted by atomic mass is 79.9. The molecule has 1 fully saturated rings. The standard InChI is InChI=1S/C12H15BrClNOS/c1-8-12(7-16,4-5-17-8)15-9-2-3-11(14)10(13)6-9/h2-3,6,8,15-16H,4-5,7H2,1H3. The molecule has 0 aliphatic carbocycles. The van der Waals surface area contributed by atoms with Crippen molar-refractivity contribution in [2.75, 3.05) is 17.7 Å². The third-order valence-electron chi connectivity index (χ3n) is 3.29. The number of benzene rings is 1. The second-order valence-electron chi connectivity index (χ2n) is 4.33. The Morgan fingerprint density at radius 2 is 2.41 bits per heavy atom. The van der Waals surface area contributed by atoms with Gasteiger partial charge in [-0.3, -0.25) is 0 Å². The number of hydrogen-bond acceptors (Lipinski definition) is 3. The minimum Gasteiger partial charge on any atom is -0.394 e. The molecule has 5 heteroatoms. The summed E-state index contributed by atoms with van der Waals surface area (Å²) in [5.74, 6) is 1.09. The van der Waals surface area contributed by atoms with Crippen molar-refractivity contribution in [3.63, 3.8) is 0 Å². The molecule has 1 aromatic carbocycles. The number of hydrogen-bond donors (Lipinski definition) is 2. The van der Waals surface area contributed by atoms with Crippen molar-refractivity contribution >= 4 is 45.0 Å². The van der Waals surface area contributed by atoms with E-state index < -0.39 is 0 Å². The molecule has 0 spiro atoms. The van der Waals surface area contributed by atoms with Gasteiger partial charge in [0.2, 0.25) is 0 Å². The molecule has 1 aliphatic heterocycles. The predicted molar refractivity (Wildman–Crippen MR) is 79.1 cm³/mol. The predicted octanol–water partition coefficient (Wildman–Crippen LogP) is 3.77. The van der Waals surface area contributed by atoms with Crippen LogP contribution < -0.4 is 5.32 Å². The van der Waals surface area contributed by atoms with Crippen LogP contribution in [-0.4, -0.2) is 28.3 Å². The zero-order chi connectivity index (χ0) is 12.5. The molecule has 2 atom stereocenters. The number of aliphatic hydroxyl groups excluding tert-OH is 1. The SMILES string of the molecule is CC1SCCC1(CO)Nc1ccc(Cl)c(Br)c1. The van der Waals surface area contributed by atoms with E-state index in [1.54, 1.807) is 0 Å². The fraction of sp³-hybridized carbons (Fsp3) is 0.500. The van der Waals surface area contributed by atoms with Gasteiger partial charge in [0.1, 0.15) is 0 Å². The van der Waals surface area contributed by atoms with Gasteiger partial charge in [0.05, 0.1) is 17.2 Å². The Kier molecular flexibility index (Phi) is 4.29. The van der Waals surface area contributed by atoms with Gasteiger partial charge in [0, 0.05) is 15.4 Å². The summed E-state index contributed by atoms with van der Waals surface area (Å²) < 4.78 is 0.871. The van der Waals surface area contributed by atoms with E-state index >= 15 is 0 Å². The second-order valence-corrected chi connectivity index (χ2v) is 7.04. The molecular formula is C12H15BrClNOS. The van der Waals surface area contributed by atoms with Crippen LogP contribution >= 0.6 is 39.3 Å². The summed E-state index contributed by atoms with van der Waals surface area (Å²) in [6.07, 6.45) is 0.982. The molecular weight excluding hydrogens is 322 g/mol. The van der Waals surface area contributed by atoms with E-state index in [9.17, 15) is 5.11 Å². The van der Waals surface area contributed by atoms with E-state index in [1.807, 2.05) is 30.0 Å². The van der Waals surface area contributed by atoms with Crippen molar-refractivity contribution < 1.29 is 5.11 Å². The molecule has 94 valence electrons. The first-order chi connectivity index (χ1) is 8.07. The van der Waals surface area contributed by atoms with Gasteiger partial charge >= 0.3 is 0 Å². The molecule has 0 bridgehead atoms. The molecule has 0 radical (unpaired) electrons. The first-order valence-corrected chi connectivity index (χ1v) is 7.75.